The van der Waals surface area contributed by atoms with Crippen molar-refractivity contribution in [1.29, 1.82) is 0 Å². The number of carbonyl (C=O) groups excluding carboxylic acids is 2. The Balaban J connectivity index is 1.35. The number of carbonyl (C=O) groups is 2. The third-order valence-corrected chi connectivity index (χ3v) is 7.70. The molecule has 0 aliphatic carbocycles. The largest absolute Gasteiger partial charge is 0.383 e. The quantitative estimate of drug-likeness (QED) is 0.385. The summed E-state index contributed by atoms with van der Waals surface area (Å²) in [5.41, 5.74) is 1.24. The van der Waals surface area contributed by atoms with Crippen molar-refractivity contribution in [2.24, 2.45) is 0 Å². The summed E-state index contributed by atoms with van der Waals surface area (Å²) in [5, 5.41) is 12.1. The fraction of sp³-hybridized carbons (Fsp3) is 0.500. The zero-order valence-electron chi connectivity index (χ0n) is 17.5. The van der Waals surface area contributed by atoms with Gasteiger partial charge in [0.05, 0.1) is 18.1 Å². The molecule has 31 heavy (non-hydrogen) atoms. The molecule has 8 nitrogen and oxygen atoms in total. The van der Waals surface area contributed by atoms with Gasteiger partial charge >= 0.3 is 0 Å². The van der Waals surface area contributed by atoms with Crippen LogP contribution >= 0.6 is 34.9 Å². The molecule has 2 aromatic rings. The van der Waals surface area contributed by atoms with Crippen LogP contribution in [0, 0.1) is 0 Å². The van der Waals surface area contributed by atoms with E-state index in [-0.39, 0.29) is 11.8 Å². The molecule has 2 amide bonds. The number of methoxy groups -OCH3 is 1. The minimum Gasteiger partial charge on any atom is -0.383 e. The zero-order valence-corrected chi connectivity index (χ0v) is 19.9. The number of hydrogen-bond donors (Lipinski definition) is 1. The monoisotopic (exact) mass is 481 g/mol. The van der Waals surface area contributed by atoms with Crippen LogP contribution < -0.4 is 10.2 Å². The number of aromatic nitrogens is 2. The average Bonchev–Trinajstić information content (AvgIpc) is 3.28. The Hall–Kier alpha value is -1.82. The number of amides is 2. The highest BCUT2D eigenvalue weighted by molar-refractivity contribution is 8.01. The second kappa shape index (κ2) is 12.9. The molecule has 1 aliphatic heterocycles. The highest BCUT2D eigenvalue weighted by Crippen LogP contribution is 2.28. The average molecular weight is 482 g/mol. The summed E-state index contributed by atoms with van der Waals surface area (Å²) >= 11 is 4.52. The third kappa shape index (κ3) is 7.99. The fourth-order valence-corrected chi connectivity index (χ4v) is 5.54. The number of hydrogen-bond acceptors (Lipinski definition) is 9. The first kappa shape index (κ1) is 23.8. The Morgan fingerprint density at radius 2 is 1.90 bits per heavy atom. The minimum absolute atomic E-state index is 0.0453. The van der Waals surface area contributed by atoms with Crippen molar-refractivity contribution in [3.63, 3.8) is 0 Å². The number of rotatable bonds is 11. The molecule has 0 radical (unpaired) electrons. The molecule has 0 spiro atoms. The van der Waals surface area contributed by atoms with Crippen LogP contribution in [0.5, 0.6) is 0 Å². The first-order chi connectivity index (χ1) is 15.2. The number of nitrogens with one attached hydrogen (secondary N) is 1. The molecule has 0 atom stereocenters. The Kier molecular flexibility index (Phi) is 9.91. The normalized spacial score (nSPS) is 14.0. The summed E-state index contributed by atoms with van der Waals surface area (Å²) in [6.45, 7) is 3.87. The van der Waals surface area contributed by atoms with Crippen molar-refractivity contribution in [2.75, 3.05) is 62.8 Å². The predicted molar refractivity (Wildman–Crippen MR) is 127 cm³/mol. The lowest BCUT2D eigenvalue weighted by Gasteiger charge is -2.34. The maximum absolute atomic E-state index is 12.5. The summed E-state index contributed by atoms with van der Waals surface area (Å²) in [4.78, 5) is 28.3. The maximum Gasteiger partial charge on any atom is 0.232 e. The molecule has 3 rings (SSSR count). The van der Waals surface area contributed by atoms with Crippen LogP contribution in [0.15, 0.2) is 34.7 Å². The highest BCUT2D eigenvalue weighted by atomic mass is 32.2. The van der Waals surface area contributed by atoms with Crippen LogP contribution in [0.2, 0.25) is 0 Å². The van der Waals surface area contributed by atoms with E-state index in [4.69, 9.17) is 4.74 Å². The second-order valence-electron chi connectivity index (χ2n) is 6.83. The smallest absolute Gasteiger partial charge is 0.232 e. The predicted octanol–water partition coefficient (Wildman–Crippen LogP) is 1.97. The molecule has 1 saturated heterocycles. The number of ether oxygens (including phenoxy) is 1. The maximum atomic E-state index is 12.5. The summed E-state index contributed by atoms with van der Waals surface area (Å²) in [6.07, 6.45) is 0. The van der Waals surface area contributed by atoms with Crippen molar-refractivity contribution in [3.8, 4) is 0 Å². The van der Waals surface area contributed by atoms with E-state index in [1.54, 1.807) is 18.9 Å². The number of anilines is 1. The standard InChI is InChI=1S/C20H27N5O3S3/c1-28-12-7-21-17(26)14-30-20-23-22-19(31-20)25-10-8-24(9-11-25)18(27)15-29-13-16-5-3-2-4-6-16/h2-6H,7-15H2,1H3,(H,21,26). The van der Waals surface area contributed by atoms with E-state index in [1.807, 2.05) is 23.1 Å². The van der Waals surface area contributed by atoms with Crippen molar-refractivity contribution in [1.82, 2.24) is 20.4 Å². The summed E-state index contributed by atoms with van der Waals surface area (Å²) < 4.78 is 5.68. The number of thioether (sulfide) groups is 2. The molecule has 1 aromatic carbocycles. The highest BCUT2D eigenvalue weighted by Gasteiger charge is 2.23. The van der Waals surface area contributed by atoms with Gasteiger partial charge in [0.2, 0.25) is 16.9 Å². The molecule has 2 heterocycles. The van der Waals surface area contributed by atoms with Crippen LogP contribution in [-0.2, 0) is 20.1 Å². The van der Waals surface area contributed by atoms with Gasteiger partial charge in [0.1, 0.15) is 0 Å². The van der Waals surface area contributed by atoms with Gasteiger partial charge in [0.25, 0.3) is 0 Å². The van der Waals surface area contributed by atoms with Gasteiger partial charge in [-0.25, -0.2) is 0 Å². The van der Waals surface area contributed by atoms with Crippen LogP contribution in [0.4, 0.5) is 5.13 Å². The van der Waals surface area contributed by atoms with Gasteiger partial charge in [-0.2, -0.15) is 0 Å². The SMILES string of the molecule is COCCNC(=O)CSc1nnc(N2CCN(C(=O)CSCc3ccccc3)CC2)s1. The van der Waals surface area contributed by atoms with Gasteiger partial charge in [-0.15, -0.1) is 22.0 Å². The van der Waals surface area contributed by atoms with E-state index in [0.29, 0.717) is 37.7 Å². The molecule has 1 aromatic heterocycles. The van der Waals surface area contributed by atoms with Gasteiger partial charge in [-0.3, -0.25) is 9.59 Å². The van der Waals surface area contributed by atoms with Crippen molar-refractivity contribution in [3.05, 3.63) is 35.9 Å². The molecular formula is C20H27N5O3S3. The first-order valence-electron chi connectivity index (χ1n) is 10.0. The number of piperazine rings is 1. The molecule has 0 saturated carbocycles. The third-order valence-electron chi connectivity index (χ3n) is 4.59. The zero-order chi connectivity index (χ0) is 21.9. The van der Waals surface area contributed by atoms with E-state index in [9.17, 15) is 9.59 Å². The van der Waals surface area contributed by atoms with E-state index in [1.165, 1.54) is 28.7 Å². The number of nitrogens with zero attached hydrogens (tertiary/aromatic N) is 4. The lowest BCUT2D eigenvalue weighted by molar-refractivity contribution is -0.128. The number of benzene rings is 1. The lowest BCUT2D eigenvalue weighted by atomic mass is 10.2. The summed E-state index contributed by atoms with van der Waals surface area (Å²) in [5.74, 6) is 1.80. The van der Waals surface area contributed by atoms with E-state index < -0.39 is 0 Å². The lowest BCUT2D eigenvalue weighted by Crippen LogP contribution is -2.49. The second-order valence-corrected chi connectivity index (χ2v) is 9.99. The van der Waals surface area contributed by atoms with Gasteiger partial charge in [0, 0.05) is 45.6 Å². The Morgan fingerprint density at radius 1 is 1.13 bits per heavy atom. The summed E-state index contributed by atoms with van der Waals surface area (Å²) in [7, 11) is 1.60. The molecule has 11 heteroatoms. The first-order valence-corrected chi connectivity index (χ1v) is 13.0. The van der Waals surface area contributed by atoms with Crippen LogP contribution in [0.25, 0.3) is 0 Å². The van der Waals surface area contributed by atoms with Gasteiger partial charge in [-0.05, 0) is 5.56 Å². The van der Waals surface area contributed by atoms with Crippen LogP contribution in [-0.4, -0.2) is 84.9 Å². The van der Waals surface area contributed by atoms with E-state index >= 15 is 0 Å². The fourth-order valence-electron chi connectivity index (χ4n) is 2.93. The Morgan fingerprint density at radius 3 is 2.65 bits per heavy atom. The molecule has 1 aliphatic rings. The topological polar surface area (TPSA) is 87.7 Å². The van der Waals surface area contributed by atoms with Gasteiger partial charge in [-0.1, -0.05) is 53.4 Å². The molecule has 0 bridgehead atoms. The van der Waals surface area contributed by atoms with E-state index in [2.05, 4.69) is 32.5 Å². The van der Waals surface area contributed by atoms with Crippen molar-refractivity contribution >= 4 is 51.8 Å². The molecule has 1 fully saturated rings. The minimum atomic E-state index is -0.0453. The Labute approximate surface area is 195 Å². The van der Waals surface area contributed by atoms with Crippen LogP contribution in [0.3, 0.4) is 0 Å². The molecular weight excluding hydrogens is 454 g/mol. The Bertz CT molecular complexity index is 828. The van der Waals surface area contributed by atoms with Crippen molar-refractivity contribution < 1.29 is 14.3 Å². The van der Waals surface area contributed by atoms with E-state index in [0.717, 1.165) is 28.3 Å². The van der Waals surface area contributed by atoms with Gasteiger partial charge in [0.15, 0.2) is 4.34 Å². The molecule has 168 valence electrons. The van der Waals surface area contributed by atoms with Gasteiger partial charge < -0.3 is 19.9 Å². The molecule has 0 unspecified atom stereocenters. The summed E-state index contributed by atoms with van der Waals surface area (Å²) in [6, 6.07) is 10.2. The van der Waals surface area contributed by atoms with Crippen LogP contribution in [0.1, 0.15) is 5.56 Å². The van der Waals surface area contributed by atoms with Crippen molar-refractivity contribution in [2.45, 2.75) is 10.1 Å². The molecule has 1 N–H and O–H groups in total.